The van der Waals surface area contributed by atoms with Crippen LogP contribution in [-0.2, 0) is 14.1 Å². The Morgan fingerprint density at radius 2 is 1.52 bits per heavy atom. The molecule has 5 nitrogen and oxygen atoms in total. The summed E-state index contributed by atoms with van der Waals surface area (Å²) in [5.74, 6) is 2.24. The van der Waals surface area contributed by atoms with Gasteiger partial charge in [0.15, 0.2) is 0 Å². The maximum absolute atomic E-state index is 13.5. The quantitative estimate of drug-likeness (QED) is 0.644. The molecule has 31 heavy (non-hydrogen) atoms. The standard InChI is InChI=1S/C25H37BN2O3/c1-23(2)20-8-7-17(26-30-24(3,4)25(5,6)31-26)10-21(20)28(22(23)29)19-11-18(12-19)27-13-15-9-16(15)14-27/h10,15-16,18-19H,7-9,11-14H2,1-6H3/t15-,16-,18?,19?/m1/s1. The molecule has 0 N–H and O–H groups in total. The number of hydrogen-bond donors (Lipinski definition) is 0. The van der Waals surface area contributed by atoms with E-state index in [0.717, 1.165) is 43.2 Å². The summed E-state index contributed by atoms with van der Waals surface area (Å²) in [6.07, 6.45) is 7.77. The van der Waals surface area contributed by atoms with Gasteiger partial charge in [-0.2, -0.15) is 0 Å². The summed E-state index contributed by atoms with van der Waals surface area (Å²) >= 11 is 0. The van der Waals surface area contributed by atoms with E-state index in [1.165, 1.54) is 30.6 Å². The summed E-state index contributed by atoms with van der Waals surface area (Å²) in [5, 5.41) is 0. The van der Waals surface area contributed by atoms with E-state index in [1.54, 1.807) is 0 Å². The van der Waals surface area contributed by atoms with Crippen molar-refractivity contribution in [2.75, 3.05) is 13.1 Å². The van der Waals surface area contributed by atoms with Gasteiger partial charge in [0, 0.05) is 30.9 Å². The Hall–Kier alpha value is -1.11. The van der Waals surface area contributed by atoms with Crippen LogP contribution in [-0.4, -0.2) is 59.2 Å². The monoisotopic (exact) mass is 424 g/mol. The molecule has 0 radical (unpaired) electrons. The lowest BCUT2D eigenvalue weighted by Gasteiger charge is -2.46. The first-order valence-electron chi connectivity index (χ1n) is 12.4. The van der Waals surface area contributed by atoms with Crippen molar-refractivity contribution < 1.29 is 14.1 Å². The predicted octanol–water partition coefficient (Wildman–Crippen LogP) is 3.94. The summed E-state index contributed by atoms with van der Waals surface area (Å²) < 4.78 is 12.7. The van der Waals surface area contributed by atoms with Crippen LogP contribution in [0.3, 0.4) is 0 Å². The van der Waals surface area contributed by atoms with Gasteiger partial charge in [0.05, 0.1) is 16.6 Å². The Kier molecular flexibility index (Phi) is 4.14. The van der Waals surface area contributed by atoms with E-state index in [9.17, 15) is 4.79 Å². The average molecular weight is 424 g/mol. The molecule has 2 saturated carbocycles. The summed E-state index contributed by atoms with van der Waals surface area (Å²) in [6, 6.07) is 1.02. The van der Waals surface area contributed by atoms with Crippen molar-refractivity contribution in [2.45, 2.75) is 96.9 Å². The van der Waals surface area contributed by atoms with E-state index in [1.807, 2.05) is 0 Å². The number of piperidine rings is 1. The second kappa shape index (κ2) is 6.27. The number of likely N-dealkylation sites (tertiary alicyclic amines) is 1. The van der Waals surface area contributed by atoms with Crippen molar-refractivity contribution in [2.24, 2.45) is 17.3 Å². The largest absolute Gasteiger partial charge is 0.490 e. The minimum absolute atomic E-state index is 0.289. The van der Waals surface area contributed by atoms with Crippen molar-refractivity contribution >= 4 is 13.0 Å². The van der Waals surface area contributed by atoms with Crippen LogP contribution in [0.1, 0.15) is 73.6 Å². The van der Waals surface area contributed by atoms with Gasteiger partial charge in [-0.05, 0) is 103 Å². The lowest BCUT2D eigenvalue weighted by molar-refractivity contribution is -0.138. The lowest BCUT2D eigenvalue weighted by Crippen LogP contribution is -2.55. The minimum atomic E-state index is -0.395. The van der Waals surface area contributed by atoms with E-state index in [4.69, 9.17) is 9.31 Å². The Bertz CT molecular complexity index is 872. The number of amides is 1. The number of carbonyl (C=O) groups is 1. The predicted molar refractivity (Wildman–Crippen MR) is 121 cm³/mol. The van der Waals surface area contributed by atoms with Gasteiger partial charge in [0.25, 0.3) is 0 Å². The highest BCUT2D eigenvalue weighted by molar-refractivity contribution is 6.54. The van der Waals surface area contributed by atoms with Crippen LogP contribution in [0.2, 0.25) is 0 Å². The molecule has 2 atom stereocenters. The van der Waals surface area contributed by atoms with Gasteiger partial charge in [-0.1, -0.05) is 0 Å². The van der Waals surface area contributed by atoms with Crippen molar-refractivity contribution in [3.05, 3.63) is 22.8 Å². The normalized spacial score (nSPS) is 40.1. The summed E-state index contributed by atoms with van der Waals surface area (Å²) in [7, 11) is -0.315. The van der Waals surface area contributed by atoms with Crippen LogP contribution in [0.4, 0.5) is 0 Å². The van der Waals surface area contributed by atoms with Crippen molar-refractivity contribution in [3.8, 4) is 0 Å². The topological polar surface area (TPSA) is 42.0 Å². The van der Waals surface area contributed by atoms with Crippen LogP contribution >= 0.6 is 0 Å². The fraction of sp³-hybridized carbons (Fsp3) is 0.800. The van der Waals surface area contributed by atoms with Crippen LogP contribution in [0.15, 0.2) is 22.8 Å². The Morgan fingerprint density at radius 1 is 0.903 bits per heavy atom. The second-order valence-corrected chi connectivity index (χ2v) is 12.5. The maximum Gasteiger partial charge on any atom is 0.490 e. The number of rotatable bonds is 3. The third-order valence-corrected chi connectivity index (χ3v) is 9.60. The van der Waals surface area contributed by atoms with E-state index in [0.29, 0.717) is 12.1 Å². The smallest absolute Gasteiger partial charge is 0.400 e. The molecule has 4 fully saturated rings. The number of fused-ring (bicyclic) bond motifs is 1. The molecule has 0 spiro atoms. The molecule has 0 aromatic rings. The molecule has 168 valence electrons. The maximum atomic E-state index is 13.5. The zero-order valence-corrected chi connectivity index (χ0v) is 20.0. The number of nitrogens with zero attached hydrogens (tertiary/aromatic N) is 2. The Labute approximate surface area is 187 Å². The zero-order chi connectivity index (χ0) is 21.9. The Balaban J connectivity index is 1.23. The molecule has 6 rings (SSSR count). The molecular formula is C25H37BN2O3. The van der Waals surface area contributed by atoms with Gasteiger partial charge >= 0.3 is 7.12 Å². The van der Waals surface area contributed by atoms with E-state index in [-0.39, 0.29) is 24.2 Å². The van der Waals surface area contributed by atoms with Gasteiger partial charge in [0.1, 0.15) is 0 Å². The summed E-state index contributed by atoms with van der Waals surface area (Å²) in [6.45, 7) is 15.2. The molecule has 6 heteroatoms. The average Bonchev–Trinajstić information content (AvgIpc) is 3.11. The lowest BCUT2D eigenvalue weighted by atomic mass is 9.70. The molecule has 2 saturated heterocycles. The van der Waals surface area contributed by atoms with E-state index >= 15 is 0 Å². The van der Waals surface area contributed by atoms with Gasteiger partial charge in [-0.3, -0.25) is 9.69 Å². The first-order chi connectivity index (χ1) is 14.5. The number of allylic oxidation sites excluding steroid dienone is 2. The van der Waals surface area contributed by atoms with E-state index in [2.05, 4.69) is 57.4 Å². The highest BCUT2D eigenvalue weighted by Gasteiger charge is 2.56. The fourth-order valence-corrected chi connectivity index (χ4v) is 6.46. The molecule has 3 aliphatic carbocycles. The molecule has 0 aromatic carbocycles. The minimum Gasteiger partial charge on any atom is -0.400 e. The second-order valence-electron chi connectivity index (χ2n) is 12.5. The molecule has 1 amide bonds. The summed E-state index contributed by atoms with van der Waals surface area (Å²) in [4.78, 5) is 18.4. The molecular weight excluding hydrogens is 387 g/mol. The van der Waals surface area contributed by atoms with Gasteiger partial charge in [-0.15, -0.1) is 0 Å². The molecule has 0 aromatic heterocycles. The van der Waals surface area contributed by atoms with Gasteiger partial charge < -0.3 is 14.2 Å². The number of carbonyl (C=O) groups excluding carboxylic acids is 1. The Morgan fingerprint density at radius 3 is 2.13 bits per heavy atom. The van der Waals surface area contributed by atoms with E-state index < -0.39 is 5.41 Å². The van der Waals surface area contributed by atoms with Crippen molar-refractivity contribution in [1.82, 2.24) is 9.80 Å². The highest BCUT2D eigenvalue weighted by atomic mass is 16.7. The van der Waals surface area contributed by atoms with Crippen molar-refractivity contribution in [3.63, 3.8) is 0 Å². The van der Waals surface area contributed by atoms with Gasteiger partial charge in [0.2, 0.25) is 5.91 Å². The van der Waals surface area contributed by atoms with Crippen LogP contribution < -0.4 is 0 Å². The number of hydrogen-bond acceptors (Lipinski definition) is 4. The van der Waals surface area contributed by atoms with Crippen LogP contribution in [0.25, 0.3) is 0 Å². The molecule has 6 aliphatic rings. The first-order valence-corrected chi connectivity index (χ1v) is 12.4. The third-order valence-electron chi connectivity index (χ3n) is 9.60. The summed E-state index contributed by atoms with van der Waals surface area (Å²) in [5.41, 5.74) is 2.57. The van der Waals surface area contributed by atoms with Crippen LogP contribution in [0.5, 0.6) is 0 Å². The van der Waals surface area contributed by atoms with Gasteiger partial charge in [-0.25, -0.2) is 0 Å². The fourth-order valence-electron chi connectivity index (χ4n) is 6.46. The highest BCUT2D eigenvalue weighted by Crippen LogP contribution is 2.52. The van der Waals surface area contributed by atoms with Crippen molar-refractivity contribution in [1.29, 1.82) is 0 Å². The SMILES string of the molecule is CC1(C)C(=O)N(C2CC(N3C[C@H]4C[C@@H]4C3)C2)C2=C1CCC(B1OC(C)(C)C(C)(C)O1)=C2. The zero-order valence-electron chi connectivity index (χ0n) is 20.0. The molecule has 0 bridgehead atoms. The molecule has 3 heterocycles. The third kappa shape index (κ3) is 2.90. The van der Waals surface area contributed by atoms with Crippen LogP contribution in [0, 0.1) is 17.3 Å². The molecule has 0 unspecified atom stereocenters. The first kappa shape index (κ1) is 20.5. The molecule has 3 aliphatic heterocycles.